The number of hydrogen-bond donors (Lipinski definition) is 1. The molecule has 0 fully saturated rings. The van der Waals surface area contributed by atoms with Crippen molar-refractivity contribution in [3.63, 3.8) is 0 Å². The lowest BCUT2D eigenvalue weighted by Crippen LogP contribution is -2.37. The van der Waals surface area contributed by atoms with Crippen molar-refractivity contribution in [2.75, 3.05) is 26.2 Å². The zero-order valence-corrected chi connectivity index (χ0v) is 12.3. The van der Waals surface area contributed by atoms with Crippen molar-refractivity contribution in [1.29, 1.82) is 5.26 Å². The largest absolute Gasteiger partial charge is 0.355 e. The summed E-state index contributed by atoms with van der Waals surface area (Å²) >= 11 is 0. The van der Waals surface area contributed by atoms with E-state index in [9.17, 15) is 4.79 Å². The number of nitrogens with one attached hydrogen (secondary N) is 1. The third-order valence-corrected chi connectivity index (χ3v) is 3.02. The van der Waals surface area contributed by atoms with Gasteiger partial charge in [0.15, 0.2) is 0 Å². The van der Waals surface area contributed by atoms with Crippen LogP contribution in [0.5, 0.6) is 0 Å². The number of unbranched alkanes of at least 4 members (excludes halogenated alkanes) is 1. The molecule has 0 atom stereocenters. The maximum Gasteiger partial charge on any atom is 0.234 e. The number of carbonyl (C=O) groups is 1. The molecular weight excluding hydrogens is 226 g/mol. The molecule has 18 heavy (non-hydrogen) atoms. The lowest BCUT2D eigenvalue weighted by atomic mass is 9.89. The van der Waals surface area contributed by atoms with E-state index in [0.29, 0.717) is 13.1 Å². The van der Waals surface area contributed by atoms with E-state index in [4.69, 9.17) is 5.26 Å². The molecule has 0 bridgehead atoms. The van der Waals surface area contributed by atoms with Crippen LogP contribution in [0.3, 0.4) is 0 Å². The van der Waals surface area contributed by atoms with Crippen molar-refractivity contribution in [3.05, 3.63) is 0 Å². The van der Waals surface area contributed by atoms with Crippen LogP contribution in [0, 0.1) is 16.7 Å². The van der Waals surface area contributed by atoms with E-state index < -0.39 is 0 Å². The van der Waals surface area contributed by atoms with Gasteiger partial charge in [-0.25, -0.2) is 0 Å². The normalized spacial score (nSPS) is 11.3. The van der Waals surface area contributed by atoms with E-state index in [1.807, 2.05) is 20.8 Å². The molecule has 0 aromatic rings. The molecule has 0 aromatic heterocycles. The molecular formula is C14H27N3O. The highest BCUT2D eigenvalue weighted by Gasteiger charge is 2.16. The summed E-state index contributed by atoms with van der Waals surface area (Å²) in [5.74, 6) is 0.0942. The number of carbonyl (C=O) groups excluding carboxylic acids is 1. The Morgan fingerprint density at radius 1 is 1.33 bits per heavy atom. The van der Waals surface area contributed by atoms with Crippen LogP contribution >= 0.6 is 0 Å². The first-order valence-electron chi connectivity index (χ1n) is 6.85. The second-order valence-corrected chi connectivity index (χ2v) is 5.28. The molecule has 4 heteroatoms. The van der Waals surface area contributed by atoms with Crippen molar-refractivity contribution in [2.24, 2.45) is 5.41 Å². The minimum absolute atomic E-state index is 0.0942. The van der Waals surface area contributed by atoms with E-state index in [1.165, 1.54) is 0 Å². The number of nitriles is 1. The molecule has 0 spiro atoms. The number of rotatable bonds is 9. The predicted molar refractivity (Wildman–Crippen MR) is 74.0 cm³/mol. The molecule has 0 aliphatic heterocycles. The second kappa shape index (κ2) is 8.93. The predicted octanol–water partition coefficient (Wildman–Crippen LogP) is 2.16. The van der Waals surface area contributed by atoms with Gasteiger partial charge in [-0.3, -0.25) is 9.69 Å². The van der Waals surface area contributed by atoms with Crippen LogP contribution < -0.4 is 5.32 Å². The average Bonchev–Trinajstić information content (AvgIpc) is 2.33. The topological polar surface area (TPSA) is 56.1 Å². The van der Waals surface area contributed by atoms with Gasteiger partial charge in [0.1, 0.15) is 0 Å². The Hall–Kier alpha value is -1.08. The van der Waals surface area contributed by atoms with Crippen LogP contribution in [-0.2, 0) is 4.79 Å². The average molecular weight is 253 g/mol. The fraction of sp³-hybridized carbons (Fsp3) is 0.857. The minimum atomic E-state index is -0.226. The van der Waals surface area contributed by atoms with Crippen molar-refractivity contribution in [3.8, 4) is 6.07 Å². The monoisotopic (exact) mass is 253 g/mol. The number of hydrogen-bond acceptors (Lipinski definition) is 3. The molecule has 0 unspecified atom stereocenters. The Bertz CT molecular complexity index is 281. The van der Waals surface area contributed by atoms with Gasteiger partial charge >= 0.3 is 0 Å². The van der Waals surface area contributed by atoms with Crippen molar-refractivity contribution >= 4 is 5.91 Å². The Kier molecular flexibility index (Phi) is 8.40. The zero-order valence-electron chi connectivity index (χ0n) is 12.3. The second-order valence-electron chi connectivity index (χ2n) is 5.28. The Labute approximate surface area is 111 Å². The maximum absolute atomic E-state index is 11.5. The minimum Gasteiger partial charge on any atom is -0.355 e. The zero-order chi connectivity index (χ0) is 14.0. The van der Waals surface area contributed by atoms with Gasteiger partial charge in [0.05, 0.1) is 18.0 Å². The summed E-state index contributed by atoms with van der Waals surface area (Å²) < 4.78 is 0. The van der Waals surface area contributed by atoms with E-state index in [0.717, 1.165) is 32.4 Å². The fourth-order valence-electron chi connectivity index (χ4n) is 1.76. The molecule has 0 rings (SSSR count). The maximum atomic E-state index is 11.5. The van der Waals surface area contributed by atoms with Crippen molar-refractivity contribution < 1.29 is 4.79 Å². The number of amides is 1. The smallest absolute Gasteiger partial charge is 0.234 e. The molecule has 1 N–H and O–H groups in total. The van der Waals surface area contributed by atoms with E-state index in [1.54, 1.807) is 0 Å². The van der Waals surface area contributed by atoms with Gasteiger partial charge in [-0.2, -0.15) is 5.26 Å². The summed E-state index contributed by atoms with van der Waals surface area (Å²) in [5.41, 5.74) is -0.226. The van der Waals surface area contributed by atoms with Crippen LogP contribution in [-0.4, -0.2) is 37.0 Å². The highest BCUT2D eigenvalue weighted by molar-refractivity contribution is 5.77. The molecule has 0 aliphatic carbocycles. The Morgan fingerprint density at radius 3 is 2.50 bits per heavy atom. The number of likely N-dealkylation sites (N-methyl/N-ethyl adjacent to an activating group) is 2. The lowest BCUT2D eigenvalue weighted by molar-refractivity contribution is -0.122. The van der Waals surface area contributed by atoms with Crippen molar-refractivity contribution in [1.82, 2.24) is 10.2 Å². The fourth-order valence-corrected chi connectivity index (χ4v) is 1.76. The van der Waals surface area contributed by atoms with Gasteiger partial charge in [-0.15, -0.1) is 0 Å². The summed E-state index contributed by atoms with van der Waals surface area (Å²) in [5, 5.41) is 11.7. The van der Waals surface area contributed by atoms with Crippen LogP contribution in [0.1, 0.15) is 47.0 Å². The first-order chi connectivity index (χ1) is 8.45. The van der Waals surface area contributed by atoms with E-state index in [-0.39, 0.29) is 11.3 Å². The van der Waals surface area contributed by atoms with Crippen LogP contribution in [0.25, 0.3) is 0 Å². The Balaban J connectivity index is 3.82. The molecule has 4 nitrogen and oxygen atoms in total. The molecule has 0 saturated heterocycles. The highest BCUT2D eigenvalue weighted by Crippen LogP contribution is 2.21. The summed E-state index contributed by atoms with van der Waals surface area (Å²) in [6, 6.07) is 2.31. The van der Waals surface area contributed by atoms with Gasteiger partial charge in [0, 0.05) is 6.54 Å². The van der Waals surface area contributed by atoms with Crippen LogP contribution in [0.15, 0.2) is 0 Å². The summed E-state index contributed by atoms with van der Waals surface area (Å²) in [7, 11) is 0. The molecule has 0 heterocycles. The lowest BCUT2D eigenvalue weighted by Gasteiger charge is -2.20. The standard InChI is InChI=1S/C14H27N3O/c1-5-16-13(18)11-17(6-2)10-8-7-9-14(3,4)12-15/h5-11H2,1-4H3,(H,16,18). The molecule has 0 aromatic carbocycles. The third-order valence-electron chi connectivity index (χ3n) is 3.02. The van der Waals surface area contributed by atoms with Gasteiger partial charge < -0.3 is 5.32 Å². The van der Waals surface area contributed by atoms with E-state index >= 15 is 0 Å². The number of nitrogens with zero attached hydrogens (tertiary/aromatic N) is 2. The van der Waals surface area contributed by atoms with Crippen LogP contribution in [0.4, 0.5) is 0 Å². The molecule has 0 aliphatic rings. The van der Waals surface area contributed by atoms with Crippen molar-refractivity contribution in [2.45, 2.75) is 47.0 Å². The quantitative estimate of drug-likeness (QED) is 0.641. The van der Waals surface area contributed by atoms with Gasteiger partial charge in [-0.1, -0.05) is 13.3 Å². The third kappa shape index (κ3) is 8.08. The van der Waals surface area contributed by atoms with Gasteiger partial charge in [0.2, 0.25) is 5.91 Å². The molecule has 0 saturated carbocycles. The van der Waals surface area contributed by atoms with Crippen LogP contribution in [0.2, 0.25) is 0 Å². The first-order valence-corrected chi connectivity index (χ1v) is 6.85. The molecule has 104 valence electrons. The summed E-state index contributed by atoms with van der Waals surface area (Å²) in [6.45, 7) is 10.9. The summed E-state index contributed by atoms with van der Waals surface area (Å²) in [6.07, 6.45) is 2.99. The highest BCUT2D eigenvalue weighted by atomic mass is 16.2. The van der Waals surface area contributed by atoms with Gasteiger partial charge in [-0.05, 0) is 46.7 Å². The Morgan fingerprint density at radius 2 is 2.00 bits per heavy atom. The SMILES string of the molecule is CCNC(=O)CN(CC)CCCCC(C)(C)C#N. The van der Waals surface area contributed by atoms with E-state index in [2.05, 4.69) is 23.2 Å². The summed E-state index contributed by atoms with van der Waals surface area (Å²) in [4.78, 5) is 13.6. The first kappa shape index (κ1) is 16.9. The molecule has 0 radical (unpaired) electrons. The van der Waals surface area contributed by atoms with Gasteiger partial charge in [0.25, 0.3) is 0 Å². The molecule has 1 amide bonds.